The van der Waals surface area contributed by atoms with Crippen LogP contribution >= 0.6 is 0 Å². The first-order valence-electron chi connectivity index (χ1n) is 5.63. The molecule has 124 valence electrons. The van der Waals surface area contributed by atoms with Crippen molar-refractivity contribution in [3.8, 4) is 11.5 Å². The Bertz CT molecular complexity index is 523. The Morgan fingerprint density at radius 3 is 2.05 bits per heavy atom. The summed E-state index contributed by atoms with van der Waals surface area (Å²) >= 11 is 0. The third-order valence-corrected chi connectivity index (χ3v) is 2.15. The predicted octanol–water partition coefficient (Wildman–Crippen LogP) is 3.36. The number of ether oxygens (including phenoxy) is 3. The molecule has 0 fully saturated rings. The van der Waals surface area contributed by atoms with Crippen LogP contribution in [-0.2, 0) is 4.74 Å². The molecule has 4 nitrogen and oxygen atoms in total. The third-order valence-electron chi connectivity index (χ3n) is 2.15. The normalized spacial score (nSPS) is 12.0. The van der Waals surface area contributed by atoms with Gasteiger partial charge in [0.15, 0.2) is 13.2 Å². The van der Waals surface area contributed by atoms with Crippen LogP contribution in [0.2, 0.25) is 0 Å². The Balaban J connectivity index is 2.96. The van der Waals surface area contributed by atoms with Crippen LogP contribution in [0.1, 0.15) is 10.4 Å². The molecule has 0 bridgehead atoms. The molecule has 1 aromatic carbocycles. The van der Waals surface area contributed by atoms with Gasteiger partial charge in [0.25, 0.3) is 0 Å². The molecule has 0 aliphatic heterocycles. The fourth-order valence-corrected chi connectivity index (χ4v) is 1.32. The summed E-state index contributed by atoms with van der Waals surface area (Å²) in [5.41, 5.74) is -0.480. The van der Waals surface area contributed by atoms with Crippen LogP contribution in [0.15, 0.2) is 18.2 Å². The number of hydrogen-bond acceptors (Lipinski definition) is 4. The molecule has 0 aliphatic rings. The quantitative estimate of drug-likeness (QED) is 0.613. The minimum Gasteiger partial charge on any atom is -0.484 e. The lowest BCUT2D eigenvalue weighted by Gasteiger charge is -2.14. The molecule has 0 saturated heterocycles. The molecule has 22 heavy (non-hydrogen) atoms. The van der Waals surface area contributed by atoms with Crippen LogP contribution in [0.4, 0.5) is 26.3 Å². The van der Waals surface area contributed by atoms with Crippen molar-refractivity contribution in [2.24, 2.45) is 0 Å². The summed E-state index contributed by atoms with van der Waals surface area (Å²) in [6.07, 6.45) is -9.24. The zero-order valence-electron chi connectivity index (χ0n) is 11.0. The zero-order chi connectivity index (χ0) is 17.0. The fourth-order valence-electron chi connectivity index (χ4n) is 1.32. The smallest absolute Gasteiger partial charge is 0.422 e. The lowest BCUT2D eigenvalue weighted by atomic mass is 10.2. The molecule has 0 atom stereocenters. The average molecular weight is 332 g/mol. The van der Waals surface area contributed by atoms with Gasteiger partial charge in [0, 0.05) is 0 Å². The van der Waals surface area contributed by atoms with Crippen molar-refractivity contribution in [1.82, 2.24) is 0 Å². The highest BCUT2D eigenvalue weighted by Crippen LogP contribution is 2.28. The van der Waals surface area contributed by atoms with E-state index < -0.39 is 42.8 Å². The number of carbonyl (C=O) groups is 1. The third kappa shape index (κ3) is 6.10. The van der Waals surface area contributed by atoms with Gasteiger partial charge in [0.2, 0.25) is 0 Å². The molecule has 0 aromatic heterocycles. The van der Waals surface area contributed by atoms with Gasteiger partial charge in [0.1, 0.15) is 17.1 Å². The van der Waals surface area contributed by atoms with Gasteiger partial charge in [-0.15, -0.1) is 0 Å². The highest BCUT2D eigenvalue weighted by molar-refractivity contribution is 5.92. The molecule has 0 heterocycles. The summed E-state index contributed by atoms with van der Waals surface area (Å²) in [6.45, 7) is -3.28. The molecule has 0 aliphatic carbocycles. The summed E-state index contributed by atoms with van der Waals surface area (Å²) < 4.78 is 85.5. The van der Waals surface area contributed by atoms with E-state index in [9.17, 15) is 31.1 Å². The highest BCUT2D eigenvalue weighted by Gasteiger charge is 2.30. The van der Waals surface area contributed by atoms with Gasteiger partial charge in [-0.1, -0.05) is 0 Å². The van der Waals surface area contributed by atoms with Crippen molar-refractivity contribution in [2.75, 3.05) is 20.3 Å². The lowest BCUT2D eigenvalue weighted by Crippen LogP contribution is -2.21. The number of rotatable bonds is 5. The molecular formula is C12H10F6O4. The van der Waals surface area contributed by atoms with Crippen LogP contribution in [0.25, 0.3) is 0 Å². The highest BCUT2D eigenvalue weighted by atomic mass is 19.4. The molecule has 10 heteroatoms. The SMILES string of the molecule is COC(=O)c1cc(OCC(F)(F)F)ccc1OCC(F)(F)F. The van der Waals surface area contributed by atoms with Gasteiger partial charge in [-0.05, 0) is 18.2 Å². The molecule has 0 amide bonds. The molecule has 0 N–H and O–H groups in total. The van der Waals surface area contributed by atoms with Crippen LogP contribution in [0.3, 0.4) is 0 Å². The Morgan fingerprint density at radius 2 is 1.55 bits per heavy atom. The van der Waals surface area contributed by atoms with Crippen LogP contribution in [0.5, 0.6) is 11.5 Å². The molecular weight excluding hydrogens is 322 g/mol. The topological polar surface area (TPSA) is 44.8 Å². The second-order valence-corrected chi connectivity index (χ2v) is 3.96. The number of methoxy groups -OCH3 is 1. The number of benzene rings is 1. The maximum Gasteiger partial charge on any atom is 0.422 e. The van der Waals surface area contributed by atoms with Crippen molar-refractivity contribution < 1.29 is 45.3 Å². The molecule has 0 unspecified atom stereocenters. The van der Waals surface area contributed by atoms with E-state index in [1.165, 1.54) is 0 Å². The standard InChI is InChI=1S/C12H10F6O4/c1-20-10(19)8-4-7(21-5-11(13,14)15)2-3-9(8)22-6-12(16,17)18/h2-4H,5-6H2,1H3. The zero-order valence-corrected chi connectivity index (χ0v) is 11.0. The monoisotopic (exact) mass is 332 g/mol. The largest absolute Gasteiger partial charge is 0.484 e. The number of esters is 1. The van der Waals surface area contributed by atoms with E-state index in [2.05, 4.69) is 14.2 Å². The van der Waals surface area contributed by atoms with Crippen LogP contribution in [-0.4, -0.2) is 38.6 Å². The molecule has 0 saturated carbocycles. The molecule has 0 radical (unpaired) electrons. The van der Waals surface area contributed by atoms with Crippen molar-refractivity contribution in [3.63, 3.8) is 0 Å². The van der Waals surface area contributed by atoms with Crippen molar-refractivity contribution in [2.45, 2.75) is 12.4 Å². The van der Waals surface area contributed by atoms with E-state index in [-0.39, 0.29) is 5.75 Å². The summed E-state index contributed by atoms with van der Waals surface area (Å²) in [5.74, 6) is -1.92. The maximum atomic E-state index is 12.1. The number of hydrogen-bond donors (Lipinski definition) is 0. The Hall–Kier alpha value is -2.13. The Kier molecular flexibility index (Phi) is 5.50. The van der Waals surface area contributed by atoms with Gasteiger partial charge in [-0.3, -0.25) is 0 Å². The van der Waals surface area contributed by atoms with E-state index in [0.29, 0.717) is 0 Å². The van der Waals surface area contributed by atoms with Crippen LogP contribution < -0.4 is 9.47 Å². The molecule has 1 aromatic rings. The number of halogens is 6. The second-order valence-electron chi connectivity index (χ2n) is 3.96. The Morgan fingerprint density at radius 1 is 1.00 bits per heavy atom. The summed E-state index contributed by atoms with van der Waals surface area (Å²) in [4.78, 5) is 11.5. The first kappa shape index (κ1) is 17.9. The van der Waals surface area contributed by atoms with Crippen molar-refractivity contribution in [1.29, 1.82) is 0 Å². The lowest BCUT2D eigenvalue weighted by molar-refractivity contribution is -0.154. The van der Waals surface area contributed by atoms with E-state index >= 15 is 0 Å². The first-order chi connectivity index (χ1) is 10.0. The van der Waals surface area contributed by atoms with Gasteiger partial charge in [-0.25, -0.2) is 4.79 Å². The minimum absolute atomic E-state index is 0.364. The van der Waals surface area contributed by atoms with E-state index in [1.807, 2.05) is 0 Å². The summed E-state index contributed by atoms with van der Waals surface area (Å²) in [6, 6.07) is 2.65. The van der Waals surface area contributed by atoms with Gasteiger partial charge in [-0.2, -0.15) is 26.3 Å². The number of carbonyl (C=O) groups excluding carboxylic acids is 1. The van der Waals surface area contributed by atoms with E-state index in [1.54, 1.807) is 0 Å². The summed E-state index contributed by atoms with van der Waals surface area (Å²) in [5, 5.41) is 0. The second kappa shape index (κ2) is 6.75. The van der Waals surface area contributed by atoms with Crippen molar-refractivity contribution in [3.05, 3.63) is 23.8 Å². The van der Waals surface area contributed by atoms with Crippen molar-refractivity contribution >= 4 is 5.97 Å². The van der Waals surface area contributed by atoms with Gasteiger partial charge < -0.3 is 14.2 Å². The summed E-state index contributed by atoms with van der Waals surface area (Å²) in [7, 11) is 0.957. The first-order valence-corrected chi connectivity index (χ1v) is 5.63. The molecule has 0 spiro atoms. The maximum absolute atomic E-state index is 12.1. The predicted molar refractivity (Wildman–Crippen MR) is 60.9 cm³/mol. The van der Waals surface area contributed by atoms with E-state index in [4.69, 9.17) is 0 Å². The van der Waals surface area contributed by atoms with E-state index in [0.717, 1.165) is 25.3 Å². The fraction of sp³-hybridized carbons (Fsp3) is 0.417. The van der Waals surface area contributed by atoms with Crippen LogP contribution in [0, 0.1) is 0 Å². The molecule has 1 rings (SSSR count). The number of alkyl halides is 6. The minimum atomic E-state index is -4.64. The van der Waals surface area contributed by atoms with Gasteiger partial charge in [0.05, 0.1) is 7.11 Å². The van der Waals surface area contributed by atoms with Gasteiger partial charge >= 0.3 is 18.3 Å². The average Bonchev–Trinajstić information content (AvgIpc) is 2.40. The Labute approximate surface area is 120 Å².